The molecule has 19 heavy (non-hydrogen) atoms. The predicted octanol–water partition coefficient (Wildman–Crippen LogP) is 2.69. The summed E-state index contributed by atoms with van der Waals surface area (Å²) in [6, 6.07) is 6.25. The lowest BCUT2D eigenvalue weighted by molar-refractivity contribution is -0.162. The first kappa shape index (κ1) is 15.6. The Labute approximate surface area is 118 Å². The Balaban J connectivity index is 3.39. The van der Waals surface area contributed by atoms with Crippen LogP contribution in [-0.2, 0) is 19.7 Å². The molecule has 104 valence electrons. The van der Waals surface area contributed by atoms with Gasteiger partial charge in [-0.25, -0.2) is 0 Å². The minimum absolute atomic E-state index is 0.0359. The van der Waals surface area contributed by atoms with Crippen LogP contribution in [0, 0.1) is 0 Å². The number of ether oxygens (including phenoxy) is 1. The van der Waals surface area contributed by atoms with Crippen LogP contribution < -0.4 is 0 Å². The number of hydrogen-bond acceptors (Lipinski definition) is 3. The average molecular weight is 333 g/mol. The zero-order valence-corrected chi connectivity index (χ0v) is 11.9. The number of rotatable bonds is 6. The molecule has 0 saturated heterocycles. The quantitative estimate of drug-likeness (QED) is 0.642. The zero-order valence-electron chi connectivity index (χ0n) is 10.4. The smallest absolute Gasteiger partial charge is 0.328 e. The molecule has 1 aromatic rings. The molecule has 1 atom stereocenters. The average Bonchev–Trinajstić information content (AvgIpc) is 2.35. The van der Waals surface area contributed by atoms with E-state index >= 15 is 0 Å². The summed E-state index contributed by atoms with van der Waals surface area (Å²) in [6.07, 6.45) is -0.461. The molecule has 0 saturated carbocycles. The summed E-state index contributed by atoms with van der Waals surface area (Å²) >= 11 is 3.20. The van der Waals surface area contributed by atoms with Gasteiger partial charge in [-0.05, 0) is 24.6 Å². The Morgan fingerprint density at radius 2 is 2.16 bits per heavy atom. The summed E-state index contributed by atoms with van der Waals surface area (Å²) in [5.74, 6) is -2.36. The van der Waals surface area contributed by atoms with Crippen LogP contribution in [0.4, 0.5) is 4.39 Å². The van der Waals surface area contributed by atoms with Crippen LogP contribution in [0.15, 0.2) is 28.7 Å². The van der Waals surface area contributed by atoms with E-state index in [0.29, 0.717) is 4.47 Å². The second-order valence-corrected chi connectivity index (χ2v) is 4.80. The standard InChI is InChI=1S/C13H14BrFO4/c1-2-19-12(18)13(6-7-15,11(16)17)9-4-3-5-10(14)8-9/h3-5,8H,2,6-7H2,1H3,(H,16,17). The Kier molecular flexibility index (Phi) is 5.47. The topological polar surface area (TPSA) is 63.6 Å². The Morgan fingerprint density at radius 1 is 1.47 bits per heavy atom. The van der Waals surface area contributed by atoms with E-state index in [1.807, 2.05) is 0 Å². The number of carboxylic acid groups (broad SMARTS) is 1. The molecule has 0 spiro atoms. The molecule has 0 fully saturated rings. The van der Waals surface area contributed by atoms with Crippen molar-refractivity contribution >= 4 is 27.9 Å². The summed E-state index contributed by atoms with van der Waals surface area (Å²) in [5.41, 5.74) is -1.81. The fraction of sp³-hybridized carbons (Fsp3) is 0.385. The largest absolute Gasteiger partial charge is 0.480 e. The van der Waals surface area contributed by atoms with Crippen molar-refractivity contribution in [3.8, 4) is 0 Å². The second-order valence-electron chi connectivity index (χ2n) is 3.88. The van der Waals surface area contributed by atoms with Crippen molar-refractivity contribution < 1.29 is 23.8 Å². The van der Waals surface area contributed by atoms with Gasteiger partial charge in [0, 0.05) is 10.9 Å². The van der Waals surface area contributed by atoms with Gasteiger partial charge in [0.15, 0.2) is 5.41 Å². The number of carboxylic acids is 1. The highest BCUT2D eigenvalue weighted by Gasteiger charge is 2.49. The van der Waals surface area contributed by atoms with Crippen molar-refractivity contribution in [2.24, 2.45) is 0 Å². The SMILES string of the molecule is CCOC(=O)C(CCF)(C(=O)O)c1cccc(Br)c1. The number of aliphatic carboxylic acids is 1. The van der Waals surface area contributed by atoms with E-state index in [1.165, 1.54) is 12.1 Å². The second kappa shape index (κ2) is 6.65. The van der Waals surface area contributed by atoms with E-state index in [-0.39, 0.29) is 12.2 Å². The number of benzene rings is 1. The van der Waals surface area contributed by atoms with E-state index < -0.39 is 30.4 Å². The van der Waals surface area contributed by atoms with E-state index in [0.717, 1.165) is 0 Å². The third kappa shape index (κ3) is 3.12. The van der Waals surface area contributed by atoms with Crippen molar-refractivity contribution in [1.29, 1.82) is 0 Å². The van der Waals surface area contributed by atoms with Crippen LogP contribution >= 0.6 is 15.9 Å². The lowest BCUT2D eigenvalue weighted by atomic mass is 9.78. The molecule has 0 amide bonds. The van der Waals surface area contributed by atoms with Crippen LogP contribution in [-0.4, -0.2) is 30.3 Å². The van der Waals surface area contributed by atoms with Crippen LogP contribution in [0.3, 0.4) is 0 Å². The third-order valence-corrected chi connectivity index (χ3v) is 3.27. The molecule has 0 radical (unpaired) electrons. The van der Waals surface area contributed by atoms with Gasteiger partial charge in [-0.2, -0.15) is 0 Å². The van der Waals surface area contributed by atoms with Crippen LogP contribution in [0.2, 0.25) is 0 Å². The molecule has 1 N–H and O–H groups in total. The van der Waals surface area contributed by atoms with E-state index in [2.05, 4.69) is 15.9 Å². The lowest BCUT2D eigenvalue weighted by Crippen LogP contribution is -2.45. The summed E-state index contributed by atoms with van der Waals surface area (Å²) < 4.78 is 18.2. The number of carbonyl (C=O) groups excluding carboxylic acids is 1. The van der Waals surface area contributed by atoms with Crippen molar-refractivity contribution in [3.05, 3.63) is 34.3 Å². The molecule has 0 heterocycles. The molecular weight excluding hydrogens is 319 g/mol. The normalized spacial score (nSPS) is 13.6. The van der Waals surface area contributed by atoms with Crippen LogP contribution in [0.5, 0.6) is 0 Å². The van der Waals surface area contributed by atoms with E-state index in [1.54, 1.807) is 19.1 Å². The van der Waals surface area contributed by atoms with Gasteiger partial charge in [0.05, 0.1) is 13.3 Å². The molecule has 4 nitrogen and oxygen atoms in total. The molecule has 1 aromatic carbocycles. The van der Waals surface area contributed by atoms with Gasteiger partial charge in [0.25, 0.3) is 0 Å². The highest BCUT2D eigenvalue weighted by Crippen LogP contribution is 2.32. The molecule has 0 aliphatic rings. The van der Waals surface area contributed by atoms with Gasteiger partial charge in [-0.3, -0.25) is 14.0 Å². The van der Waals surface area contributed by atoms with E-state index in [9.17, 15) is 19.1 Å². The number of carbonyl (C=O) groups is 2. The predicted molar refractivity (Wildman–Crippen MR) is 70.7 cm³/mol. The monoisotopic (exact) mass is 332 g/mol. The maximum absolute atomic E-state index is 12.8. The fourth-order valence-corrected chi connectivity index (χ4v) is 2.23. The molecular formula is C13H14BrFO4. The van der Waals surface area contributed by atoms with Gasteiger partial charge < -0.3 is 9.84 Å². The lowest BCUT2D eigenvalue weighted by Gasteiger charge is -2.26. The molecule has 0 aromatic heterocycles. The summed E-state index contributed by atoms with van der Waals surface area (Å²) in [4.78, 5) is 23.6. The van der Waals surface area contributed by atoms with Gasteiger partial charge in [0.2, 0.25) is 0 Å². The number of hydrogen-bond donors (Lipinski definition) is 1. The highest BCUT2D eigenvalue weighted by molar-refractivity contribution is 9.10. The summed E-state index contributed by atoms with van der Waals surface area (Å²) in [7, 11) is 0. The third-order valence-electron chi connectivity index (χ3n) is 2.78. The van der Waals surface area contributed by atoms with Crippen molar-refractivity contribution in [2.75, 3.05) is 13.3 Å². The molecule has 1 rings (SSSR count). The van der Waals surface area contributed by atoms with Crippen LogP contribution in [0.25, 0.3) is 0 Å². The first-order chi connectivity index (χ1) is 8.98. The maximum Gasteiger partial charge on any atom is 0.328 e. The Bertz CT molecular complexity index is 477. The number of esters is 1. The summed E-state index contributed by atoms with van der Waals surface area (Å²) in [6.45, 7) is 0.673. The minimum Gasteiger partial charge on any atom is -0.480 e. The fourth-order valence-electron chi connectivity index (χ4n) is 1.83. The first-order valence-electron chi connectivity index (χ1n) is 5.71. The van der Waals surface area contributed by atoms with E-state index in [4.69, 9.17) is 4.74 Å². The first-order valence-corrected chi connectivity index (χ1v) is 6.51. The van der Waals surface area contributed by atoms with Gasteiger partial charge >= 0.3 is 11.9 Å². The Hall–Kier alpha value is -1.43. The maximum atomic E-state index is 12.8. The van der Waals surface area contributed by atoms with Crippen molar-refractivity contribution in [1.82, 2.24) is 0 Å². The highest BCUT2D eigenvalue weighted by atomic mass is 79.9. The molecule has 6 heteroatoms. The van der Waals surface area contributed by atoms with Gasteiger partial charge in [0.1, 0.15) is 0 Å². The minimum atomic E-state index is -2.01. The van der Waals surface area contributed by atoms with Gasteiger partial charge in [-0.15, -0.1) is 0 Å². The van der Waals surface area contributed by atoms with Crippen molar-refractivity contribution in [2.45, 2.75) is 18.8 Å². The molecule has 1 unspecified atom stereocenters. The zero-order chi connectivity index (χ0) is 14.5. The van der Waals surface area contributed by atoms with Crippen molar-refractivity contribution in [3.63, 3.8) is 0 Å². The summed E-state index contributed by atoms with van der Waals surface area (Å²) in [5, 5.41) is 9.41. The molecule has 0 aliphatic heterocycles. The molecule has 0 aliphatic carbocycles. The number of alkyl halides is 1. The Morgan fingerprint density at radius 3 is 2.63 bits per heavy atom. The number of halogens is 2. The van der Waals surface area contributed by atoms with Gasteiger partial charge in [-0.1, -0.05) is 28.1 Å². The van der Waals surface area contributed by atoms with Crippen LogP contribution in [0.1, 0.15) is 18.9 Å². The molecule has 0 bridgehead atoms.